The molecule has 0 bridgehead atoms. The molecule has 0 aliphatic heterocycles. The second-order valence-corrected chi connectivity index (χ2v) is 5.22. The Labute approximate surface area is 129 Å². The van der Waals surface area contributed by atoms with Crippen molar-refractivity contribution in [2.24, 2.45) is 0 Å². The number of benzene rings is 1. The van der Waals surface area contributed by atoms with Gasteiger partial charge in [-0.1, -0.05) is 0 Å². The third-order valence-corrected chi connectivity index (χ3v) is 3.15. The fourth-order valence-electron chi connectivity index (χ4n) is 1.61. The lowest BCUT2D eigenvalue weighted by Gasteiger charge is -2.19. The zero-order valence-electron chi connectivity index (χ0n) is 12.6. The van der Waals surface area contributed by atoms with Gasteiger partial charge in [0.25, 0.3) is 0 Å². The van der Waals surface area contributed by atoms with Crippen LogP contribution in [0, 0.1) is 0 Å². The second-order valence-electron chi connectivity index (χ2n) is 5.22. The summed E-state index contributed by atoms with van der Waals surface area (Å²) in [5.74, 6) is -0.522. The summed E-state index contributed by atoms with van der Waals surface area (Å²) < 4.78 is 76.2. The van der Waals surface area contributed by atoms with Crippen molar-refractivity contribution in [3.8, 4) is 0 Å². The molecule has 1 amide bonds. The van der Waals surface area contributed by atoms with Crippen molar-refractivity contribution in [2.75, 3.05) is 7.05 Å². The Hall–Kier alpha value is -1.99. The minimum absolute atomic E-state index is 0.0411. The van der Waals surface area contributed by atoms with E-state index in [-0.39, 0.29) is 17.7 Å². The molecule has 0 saturated carbocycles. The SMILES string of the molecule is CC(C)N(C)C(=O)/C=C/c1cc(C(F)(F)F)cc(C(F)(F)F)c1. The number of carbonyl (C=O) groups excluding carboxylic acids is 1. The van der Waals surface area contributed by atoms with Crippen LogP contribution in [0.3, 0.4) is 0 Å². The van der Waals surface area contributed by atoms with Gasteiger partial charge < -0.3 is 4.90 Å². The first-order chi connectivity index (χ1) is 10.3. The van der Waals surface area contributed by atoms with Crippen molar-refractivity contribution in [1.29, 1.82) is 0 Å². The summed E-state index contributed by atoms with van der Waals surface area (Å²) in [5, 5.41) is 0. The molecular formula is C15H15F6NO. The van der Waals surface area contributed by atoms with Crippen LogP contribution in [0.4, 0.5) is 26.3 Å². The summed E-state index contributed by atoms with van der Waals surface area (Å²) in [6.07, 6.45) is -7.95. The van der Waals surface area contributed by atoms with E-state index in [1.54, 1.807) is 13.8 Å². The van der Waals surface area contributed by atoms with Crippen LogP contribution >= 0.6 is 0 Å². The highest BCUT2D eigenvalue weighted by Gasteiger charge is 2.36. The van der Waals surface area contributed by atoms with Crippen LogP contribution in [0.15, 0.2) is 24.3 Å². The van der Waals surface area contributed by atoms with Gasteiger partial charge >= 0.3 is 12.4 Å². The molecule has 23 heavy (non-hydrogen) atoms. The van der Waals surface area contributed by atoms with E-state index < -0.39 is 29.4 Å². The van der Waals surface area contributed by atoms with Gasteiger partial charge in [-0.15, -0.1) is 0 Å². The highest BCUT2D eigenvalue weighted by atomic mass is 19.4. The van der Waals surface area contributed by atoms with Crippen LogP contribution in [0.2, 0.25) is 0 Å². The molecule has 0 radical (unpaired) electrons. The zero-order valence-corrected chi connectivity index (χ0v) is 12.6. The molecule has 1 rings (SSSR count). The number of halogens is 6. The van der Waals surface area contributed by atoms with Crippen molar-refractivity contribution in [1.82, 2.24) is 4.90 Å². The number of nitrogens with zero attached hydrogens (tertiary/aromatic N) is 1. The second kappa shape index (κ2) is 6.64. The van der Waals surface area contributed by atoms with Crippen LogP contribution in [0.5, 0.6) is 0 Å². The summed E-state index contributed by atoms with van der Waals surface area (Å²) in [4.78, 5) is 13.0. The predicted octanol–water partition coefficient (Wildman–Crippen LogP) is 4.60. The molecule has 0 N–H and O–H groups in total. The quantitative estimate of drug-likeness (QED) is 0.582. The van der Waals surface area contributed by atoms with Crippen LogP contribution in [-0.2, 0) is 17.1 Å². The predicted molar refractivity (Wildman–Crippen MR) is 73.4 cm³/mol. The molecule has 0 unspecified atom stereocenters. The van der Waals surface area contributed by atoms with Gasteiger partial charge in [0.1, 0.15) is 0 Å². The summed E-state index contributed by atoms with van der Waals surface area (Å²) in [7, 11) is 1.48. The van der Waals surface area contributed by atoms with E-state index in [0.717, 1.165) is 12.2 Å². The van der Waals surface area contributed by atoms with Gasteiger partial charge in [-0.3, -0.25) is 4.79 Å². The molecule has 0 atom stereocenters. The lowest BCUT2D eigenvalue weighted by Crippen LogP contribution is -2.31. The average molecular weight is 339 g/mol. The number of amides is 1. The van der Waals surface area contributed by atoms with Crippen LogP contribution < -0.4 is 0 Å². The fraction of sp³-hybridized carbons (Fsp3) is 0.400. The van der Waals surface area contributed by atoms with E-state index in [2.05, 4.69) is 0 Å². The normalized spacial score (nSPS) is 13.0. The first-order valence-electron chi connectivity index (χ1n) is 6.56. The van der Waals surface area contributed by atoms with E-state index >= 15 is 0 Å². The molecule has 0 saturated heterocycles. The van der Waals surface area contributed by atoms with Crippen LogP contribution in [0.1, 0.15) is 30.5 Å². The van der Waals surface area contributed by atoms with Crippen LogP contribution in [0.25, 0.3) is 6.08 Å². The lowest BCUT2D eigenvalue weighted by molar-refractivity contribution is -0.143. The largest absolute Gasteiger partial charge is 0.416 e. The monoisotopic (exact) mass is 339 g/mol. The first-order valence-corrected chi connectivity index (χ1v) is 6.56. The van der Waals surface area contributed by atoms with E-state index in [0.29, 0.717) is 12.1 Å². The van der Waals surface area contributed by atoms with E-state index in [1.165, 1.54) is 11.9 Å². The number of alkyl halides is 6. The first kappa shape index (κ1) is 19.1. The molecule has 0 aliphatic carbocycles. The molecule has 128 valence electrons. The highest BCUT2D eigenvalue weighted by Crippen LogP contribution is 2.36. The van der Waals surface area contributed by atoms with Gasteiger partial charge in [-0.25, -0.2) is 0 Å². The summed E-state index contributed by atoms with van der Waals surface area (Å²) in [5.41, 5.74) is -3.19. The maximum atomic E-state index is 12.7. The maximum Gasteiger partial charge on any atom is 0.416 e. The molecular weight excluding hydrogens is 324 g/mol. The maximum absolute atomic E-state index is 12.7. The summed E-state index contributed by atoms with van der Waals surface area (Å²) in [6.45, 7) is 3.44. The average Bonchev–Trinajstić information content (AvgIpc) is 2.41. The smallest absolute Gasteiger partial charge is 0.340 e. The Morgan fingerprint density at radius 2 is 1.43 bits per heavy atom. The lowest BCUT2D eigenvalue weighted by atomic mass is 10.0. The van der Waals surface area contributed by atoms with Gasteiger partial charge in [0.2, 0.25) is 5.91 Å². The number of rotatable bonds is 3. The molecule has 0 aromatic heterocycles. The fourth-order valence-corrected chi connectivity index (χ4v) is 1.61. The number of hydrogen-bond acceptors (Lipinski definition) is 1. The van der Waals surface area contributed by atoms with Crippen molar-refractivity contribution < 1.29 is 31.1 Å². The minimum atomic E-state index is -4.91. The molecule has 2 nitrogen and oxygen atoms in total. The molecule has 0 aliphatic rings. The van der Waals surface area contributed by atoms with E-state index in [4.69, 9.17) is 0 Å². The number of hydrogen-bond donors (Lipinski definition) is 0. The molecule has 0 spiro atoms. The summed E-state index contributed by atoms with van der Waals surface area (Å²) >= 11 is 0. The van der Waals surface area contributed by atoms with Crippen molar-refractivity contribution in [3.63, 3.8) is 0 Å². The Bertz CT molecular complexity index is 569. The Balaban J connectivity index is 3.23. The number of likely N-dealkylation sites (N-methyl/N-ethyl adjacent to an activating group) is 1. The molecule has 1 aromatic rings. The van der Waals surface area contributed by atoms with Gasteiger partial charge in [0.05, 0.1) is 11.1 Å². The Morgan fingerprint density at radius 1 is 1.00 bits per heavy atom. The Kier molecular flexibility index (Phi) is 5.50. The van der Waals surface area contributed by atoms with Crippen molar-refractivity contribution in [2.45, 2.75) is 32.2 Å². The van der Waals surface area contributed by atoms with Gasteiger partial charge in [0, 0.05) is 19.2 Å². The molecule has 0 fully saturated rings. The third-order valence-electron chi connectivity index (χ3n) is 3.15. The van der Waals surface area contributed by atoms with E-state index in [1.807, 2.05) is 0 Å². The van der Waals surface area contributed by atoms with Gasteiger partial charge in [-0.05, 0) is 43.7 Å². The zero-order chi connectivity index (χ0) is 18.0. The van der Waals surface area contributed by atoms with Crippen molar-refractivity contribution >= 4 is 12.0 Å². The number of carbonyl (C=O) groups is 1. The Morgan fingerprint density at radius 3 is 1.78 bits per heavy atom. The van der Waals surface area contributed by atoms with Crippen molar-refractivity contribution in [3.05, 3.63) is 41.0 Å². The highest BCUT2D eigenvalue weighted by molar-refractivity contribution is 5.91. The topological polar surface area (TPSA) is 20.3 Å². The van der Waals surface area contributed by atoms with Crippen LogP contribution in [-0.4, -0.2) is 23.9 Å². The molecule has 8 heteroatoms. The van der Waals surface area contributed by atoms with Gasteiger partial charge in [-0.2, -0.15) is 26.3 Å². The standard InChI is InChI=1S/C15H15F6NO/c1-9(2)22(3)13(23)5-4-10-6-11(14(16,17)18)8-12(7-10)15(19,20)21/h4-9H,1-3H3/b5-4+. The van der Waals surface area contributed by atoms with Gasteiger partial charge in [0.15, 0.2) is 0 Å². The van der Waals surface area contributed by atoms with E-state index in [9.17, 15) is 31.1 Å². The molecule has 1 aromatic carbocycles. The summed E-state index contributed by atoms with van der Waals surface area (Å²) in [6, 6.07) is 1.02. The molecule has 0 heterocycles. The minimum Gasteiger partial charge on any atom is -0.340 e. The third kappa shape index (κ3) is 5.30.